The van der Waals surface area contributed by atoms with Gasteiger partial charge >= 0.3 is 0 Å². The van der Waals surface area contributed by atoms with Crippen LogP contribution < -0.4 is 10.1 Å². The first-order valence-corrected chi connectivity index (χ1v) is 11.7. The molecule has 0 fully saturated rings. The SMILES string of the molecule is C=CCn1c(SCC(=O)Nc2c(C)cccc2C)nnc1C(C)Oc1ccc(Cl)cc1Cl. The van der Waals surface area contributed by atoms with Crippen LogP contribution >= 0.6 is 35.0 Å². The van der Waals surface area contributed by atoms with Crippen molar-refractivity contribution in [1.29, 1.82) is 0 Å². The first-order chi connectivity index (χ1) is 15.3. The third-order valence-electron chi connectivity index (χ3n) is 4.70. The highest BCUT2D eigenvalue weighted by Gasteiger charge is 2.21. The molecule has 2 aromatic carbocycles. The summed E-state index contributed by atoms with van der Waals surface area (Å²) in [5.41, 5.74) is 2.88. The Kier molecular flexibility index (Phi) is 8.23. The number of aryl methyl sites for hydroxylation is 2. The van der Waals surface area contributed by atoms with Gasteiger partial charge in [0.15, 0.2) is 17.1 Å². The van der Waals surface area contributed by atoms with Gasteiger partial charge in [-0.2, -0.15) is 0 Å². The van der Waals surface area contributed by atoms with Crippen LogP contribution in [0.1, 0.15) is 30.0 Å². The zero-order chi connectivity index (χ0) is 23.3. The van der Waals surface area contributed by atoms with Gasteiger partial charge in [-0.3, -0.25) is 9.36 Å². The molecule has 1 unspecified atom stereocenters. The smallest absolute Gasteiger partial charge is 0.234 e. The number of rotatable bonds is 9. The third kappa shape index (κ3) is 5.85. The lowest BCUT2D eigenvalue weighted by Gasteiger charge is -2.16. The molecule has 3 aromatic rings. The van der Waals surface area contributed by atoms with Gasteiger partial charge in [0.25, 0.3) is 0 Å². The fraction of sp³-hybridized carbons (Fsp3) is 0.261. The molecule has 1 aromatic heterocycles. The van der Waals surface area contributed by atoms with Gasteiger partial charge in [0.2, 0.25) is 5.91 Å². The van der Waals surface area contributed by atoms with E-state index in [1.54, 1.807) is 24.3 Å². The monoisotopic (exact) mass is 490 g/mol. The number of allylic oxidation sites excluding steroid dienone is 1. The van der Waals surface area contributed by atoms with Crippen LogP contribution in [-0.4, -0.2) is 26.4 Å². The van der Waals surface area contributed by atoms with Crippen LogP contribution in [0.2, 0.25) is 10.0 Å². The average Bonchev–Trinajstić information content (AvgIpc) is 3.14. The Hall–Kier alpha value is -2.48. The Morgan fingerprint density at radius 1 is 1.25 bits per heavy atom. The largest absolute Gasteiger partial charge is 0.481 e. The number of para-hydroxylation sites is 1. The van der Waals surface area contributed by atoms with E-state index in [9.17, 15) is 4.79 Å². The van der Waals surface area contributed by atoms with Crippen LogP contribution in [0.25, 0.3) is 0 Å². The van der Waals surface area contributed by atoms with Crippen LogP contribution in [0.15, 0.2) is 54.2 Å². The number of ether oxygens (including phenoxy) is 1. The van der Waals surface area contributed by atoms with Crippen molar-refractivity contribution in [1.82, 2.24) is 14.8 Å². The predicted molar refractivity (Wildman–Crippen MR) is 131 cm³/mol. The molecule has 9 heteroatoms. The predicted octanol–water partition coefficient (Wildman–Crippen LogP) is 6.26. The second kappa shape index (κ2) is 10.9. The second-order valence-electron chi connectivity index (χ2n) is 7.18. The van der Waals surface area contributed by atoms with E-state index < -0.39 is 6.10 Å². The van der Waals surface area contributed by atoms with Gasteiger partial charge < -0.3 is 10.1 Å². The molecule has 0 bridgehead atoms. The van der Waals surface area contributed by atoms with Crippen LogP contribution in [0.3, 0.4) is 0 Å². The number of thioether (sulfide) groups is 1. The summed E-state index contributed by atoms with van der Waals surface area (Å²) in [4.78, 5) is 12.5. The summed E-state index contributed by atoms with van der Waals surface area (Å²) in [6.45, 7) is 10.1. The van der Waals surface area contributed by atoms with Gasteiger partial charge in [-0.25, -0.2) is 0 Å². The lowest BCUT2D eigenvalue weighted by molar-refractivity contribution is -0.113. The van der Waals surface area contributed by atoms with Crippen molar-refractivity contribution < 1.29 is 9.53 Å². The van der Waals surface area contributed by atoms with E-state index in [1.807, 2.05) is 43.5 Å². The zero-order valence-corrected chi connectivity index (χ0v) is 20.4. The summed E-state index contributed by atoms with van der Waals surface area (Å²) in [5, 5.41) is 13.1. The quantitative estimate of drug-likeness (QED) is 0.283. The second-order valence-corrected chi connectivity index (χ2v) is 8.96. The molecule has 1 amide bonds. The highest BCUT2D eigenvalue weighted by molar-refractivity contribution is 7.99. The van der Waals surface area contributed by atoms with Crippen LogP contribution in [0.5, 0.6) is 5.75 Å². The van der Waals surface area contributed by atoms with Crippen LogP contribution in [0.4, 0.5) is 5.69 Å². The molecule has 0 aliphatic rings. The van der Waals surface area contributed by atoms with Crippen molar-refractivity contribution in [2.75, 3.05) is 11.1 Å². The summed E-state index contributed by atoms with van der Waals surface area (Å²) in [6, 6.07) is 10.9. The van der Waals surface area contributed by atoms with Crippen molar-refractivity contribution in [2.24, 2.45) is 0 Å². The minimum Gasteiger partial charge on any atom is -0.481 e. The summed E-state index contributed by atoms with van der Waals surface area (Å²) >= 11 is 13.5. The first-order valence-electron chi connectivity index (χ1n) is 9.94. The van der Waals surface area contributed by atoms with Gasteiger partial charge in [0.05, 0.1) is 10.8 Å². The highest BCUT2D eigenvalue weighted by Crippen LogP contribution is 2.32. The summed E-state index contributed by atoms with van der Waals surface area (Å²) < 4.78 is 7.85. The van der Waals surface area contributed by atoms with Crippen molar-refractivity contribution in [3.8, 4) is 5.75 Å². The van der Waals surface area contributed by atoms with Crippen molar-refractivity contribution in [3.05, 3.63) is 76.0 Å². The Morgan fingerprint density at radius 2 is 1.97 bits per heavy atom. The lowest BCUT2D eigenvalue weighted by Crippen LogP contribution is -2.17. The number of nitrogens with zero attached hydrogens (tertiary/aromatic N) is 3. The summed E-state index contributed by atoms with van der Waals surface area (Å²) in [7, 11) is 0. The van der Waals surface area contributed by atoms with Crippen molar-refractivity contribution in [3.63, 3.8) is 0 Å². The van der Waals surface area contributed by atoms with E-state index in [-0.39, 0.29) is 11.7 Å². The molecule has 1 atom stereocenters. The molecule has 0 saturated carbocycles. The number of amides is 1. The van der Waals surface area contributed by atoms with E-state index >= 15 is 0 Å². The van der Waals surface area contributed by atoms with Gasteiger partial charge in [-0.05, 0) is 50.1 Å². The molecule has 0 spiro atoms. The molecule has 0 aliphatic carbocycles. The van der Waals surface area contributed by atoms with E-state index in [0.29, 0.717) is 33.3 Å². The number of anilines is 1. The maximum atomic E-state index is 12.5. The van der Waals surface area contributed by atoms with E-state index in [2.05, 4.69) is 22.1 Å². The number of nitrogens with one attached hydrogen (secondary N) is 1. The number of aromatic nitrogens is 3. The van der Waals surface area contributed by atoms with E-state index in [1.165, 1.54) is 11.8 Å². The zero-order valence-electron chi connectivity index (χ0n) is 18.1. The molecule has 0 radical (unpaired) electrons. The number of hydrogen-bond acceptors (Lipinski definition) is 5. The maximum Gasteiger partial charge on any atom is 0.234 e. The minimum absolute atomic E-state index is 0.112. The third-order valence-corrected chi connectivity index (χ3v) is 6.19. The number of carbonyl (C=O) groups is 1. The van der Waals surface area contributed by atoms with Crippen molar-refractivity contribution >= 4 is 46.6 Å². The minimum atomic E-state index is -0.432. The molecular weight excluding hydrogens is 467 g/mol. The van der Waals surface area contributed by atoms with Crippen LogP contribution in [-0.2, 0) is 11.3 Å². The number of benzene rings is 2. The average molecular weight is 491 g/mol. The Labute approximate surface area is 202 Å². The molecule has 1 N–H and O–H groups in total. The Bertz CT molecular complexity index is 1110. The molecular formula is C23H24Cl2N4O2S. The van der Waals surface area contributed by atoms with Gasteiger partial charge in [-0.1, -0.05) is 59.2 Å². The molecule has 32 heavy (non-hydrogen) atoms. The van der Waals surface area contributed by atoms with Gasteiger partial charge in [0, 0.05) is 17.3 Å². The van der Waals surface area contributed by atoms with E-state index in [0.717, 1.165) is 16.8 Å². The molecule has 1 heterocycles. The van der Waals surface area contributed by atoms with Crippen LogP contribution in [0, 0.1) is 13.8 Å². The topological polar surface area (TPSA) is 69.0 Å². The first kappa shape index (κ1) is 24.2. The Morgan fingerprint density at radius 3 is 2.62 bits per heavy atom. The summed E-state index contributed by atoms with van der Waals surface area (Å²) in [6.07, 6.45) is 1.31. The molecule has 3 rings (SSSR count). The fourth-order valence-electron chi connectivity index (χ4n) is 3.14. The van der Waals surface area contributed by atoms with Crippen molar-refractivity contribution in [2.45, 2.75) is 38.6 Å². The molecule has 0 saturated heterocycles. The van der Waals surface area contributed by atoms with Gasteiger partial charge in [0.1, 0.15) is 5.75 Å². The number of hydrogen-bond donors (Lipinski definition) is 1. The number of halogens is 2. The fourth-order valence-corrected chi connectivity index (χ4v) is 4.35. The normalized spacial score (nSPS) is 11.8. The maximum absolute atomic E-state index is 12.5. The van der Waals surface area contributed by atoms with E-state index in [4.69, 9.17) is 27.9 Å². The van der Waals surface area contributed by atoms with Gasteiger partial charge in [-0.15, -0.1) is 16.8 Å². The Balaban J connectivity index is 1.71. The summed E-state index contributed by atoms with van der Waals surface area (Å²) in [5.74, 6) is 1.19. The lowest BCUT2D eigenvalue weighted by atomic mass is 10.1. The molecule has 0 aliphatic heterocycles. The highest BCUT2D eigenvalue weighted by atomic mass is 35.5. The number of carbonyl (C=O) groups excluding carboxylic acids is 1. The molecule has 168 valence electrons. The molecule has 6 nitrogen and oxygen atoms in total. The standard InChI is InChI=1S/C23H24Cl2N4O2S/c1-5-11-29-22(16(4)31-19-10-9-17(24)12-18(19)25)27-28-23(29)32-13-20(30)26-21-14(2)7-6-8-15(21)3/h5-10,12,16H,1,11,13H2,2-4H3,(H,26,30).